The largest absolute Gasteiger partial charge is 0.434 e. The molecule has 0 radical (unpaired) electrons. The predicted octanol–water partition coefficient (Wildman–Crippen LogP) is 3.79. The summed E-state index contributed by atoms with van der Waals surface area (Å²) in [7, 11) is -3.64. The van der Waals surface area contributed by atoms with Crippen LogP contribution in [0, 0.1) is 0 Å². The van der Waals surface area contributed by atoms with Crippen molar-refractivity contribution in [3.05, 3.63) is 65.7 Å². The molecular weight excluding hydrogens is 426 g/mol. The number of hydrogen-bond acceptors (Lipinski definition) is 4. The number of amides is 1. The SMILES string of the molecule is O=C(/C=C/c1ccccc1OC(F)F)NCc1ccccc1S(=O)(=O)N1CCCCC1. The molecule has 1 saturated heterocycles. The Labute approximate surface area is 180 Å². The van der Waals surface area contributed by atoms with Crippen LogP contribution < -0.4 is 10.1 Å². The maximum atomic E-state index is 13.0. The van der Waals surface area contributed by atoms with E-state index in [1.807, 2.05) is 0 Å². The monoisotopic (exact) mass is 450 g/mol. The highest BCUT2D eigenvalue weighted by atomic mass is 32.2. The van der Waals surface area contributed by atoms with Crippen molar-refractivity contribution in [3.63, 3.8) is 0 Å². The highest BCUT2D eigenvalue weighted by Crippen LogP contribution is 2.24. The standard InChI is InChI=1S/C22H24F2N2O4S/c23-22(24)30-19-10-4-2-8-17(19)12-13-21(27)25-16-18-9-3-5-11-20(18)31(28,29)26-14-6-1-7-15-26/h2-5,8-13,22H,1,6-7,14-16H2,(H,25,27)/b13-12+. The lowest BCUT2D eigenvalue weighted by Crippen LogP contribution is -2.36. The van der Waals surface area contributed by atoms with Gasteiger partial charge in [0.25, 0.3) is 0 Å². The van der Waals surface area contributed by atoms with Gasteiger partial charge in [-0.1, -0.05) is 42.8 Å². The minimum atomic E-state index is -3.64. The Hall–Kier alpha value is -2.78. The quantitative estimate of drug-likeness (QED) is 0.621. The number of nitrogens with zero attached hydrogens (tertiary/aromatic N) is 1. The van der Waals surface area contributed by atoms with Gasteiger partial charge in [-0.15, -0.1) is 0 Å². The molecule has 0 aromatic heterocycles. The van der Waals surface area contributed by atoms with Crippen LogP contribution in [-0.2, 0) is 21.4 Å². The van der Waals surface area contributed by atoms with Crippen LogP contribution in [0.3, 0.4) is 0 Å². The van der Waals surface area contributed by atoms with Gasteiger partial charge in [-0.25, -0.2) is 8.42 Å². The minimum absolute atomic E-state index is 0.0155. The van der Waals surface area contributed by atoms with Crippen molar-refractivity contribution in [1.29, 1.82) is 0 Å². The predicted molar refractivity (Wildman–Crippen MR) is 113 cm³/mol. The van der Waals surface area contributed by atoms with Crippen molar-refractivity contribution < 1.29 is 26.7 Å². The van der Waals surface area contributed by atoms with Gasteiger partial charge in [0.15, 0.2) is 0 Å². The van der Waals surface area contributed by atoms with Crippen LogP contribution in [0.5, 0.6) is 5.75 Å². The van der Waals surface area contributed by atoms with Crippen LogP contribution in [0.2, 0.25) is 0 Å². The van der Waals surface area contributed by atoms with Gasteiger partial charge in [-0.3, -0.25) is 4.79 Å². The molecule has 1 aliphatic rings. The van der Waals surface area contributed by atoms with E-state index in [0.29, 0.717) is 24.2 Å². The molecule has 3 rings (SSSR count). The number of para-hydroxylation sites is 1. The first-order chi connectivity index (χ1) is 14.9. The van der Waals surface area contributed by atoms with Gasteiger partial charge in [0.05, 0.1) is 4.90 Å². The van der Waals surface area contributed by atoms with E-state index in [-0.39, 0.29) is 17.2 Å². The minimum Gasteiger partial charge on any atom is -0.434 e. The van der Waals surface area contributed by atoms with Gasteiger partial charge in [-0.05, 0) is 36.6 Å². The molecule has 0 spiro atoms. The van der Waals surface area contributed by atoms with Gasteiger partial charge in [0.2, 0.25) is 15.9 Å². The van der Waals surface area contributed by atoms with E-state index in [1.165, 1.54) is 22.5 Å². The van der Waals surface area contributed by atoms with Crippen LogP contribution in [0.15, 0.2) is 59.5 Å². The Balaban J connectivity index is 1.68. The lowest BCUT2D eigenvalue weighted by atomic mass is 10.2. The molecule has 31 heavy (non-hydrogen) atoms. The third-order valence-corrected chi connectivity index (χ3v) is 6.91. The first-order valence-corrected chi connectivity index (χ1v) is 11.4. The topological polar surface area (TPSA) is 75.7 Å². The zero-order valence-electron chi connectivity index (χ0n) is 16.8. The van der Waals surface area contributed by atoms with Crippen LogP contribution in [0.4, 0.5) is 8.78 Å². The number of benzene rings is 2. The maximum absolute atomic E-state index is 13.0. The number of sulfonamides is 1. The fraction of sp³-hybridized carbons (Fsp3) is 0.318. The summed E-state index contributed by atoms with van der Waals surface area (Å²) < 4.78 is 56.9. The summed E-state index contributed by atoms with van der Waals surface area (Å²) in [6.07, 6.45) is 5.24. The second-order valence-electron chi connectivity index (χ2n) is 7.04. The Morgan fingerprint density at radius 1 is 1.06 bits per heavy atom. The Kier molecular flexibility index (Phi) is 7.75. The molecule has 0 atom stereocenters. The Morgan fingerprint density at radius 3 is 2.48 bits per heavy atom. The number of halogens is 2. The number of rotatable bonds is 8. The van der Waals surface area contributed by atoms with E-state index in [2.05, 4.69) is 10.1 Å². The van der Waals surface area contributed by atoms with Gasteiger partial charge in [0.1, 0.15) is 5.75 Å². The summed E-state index contributed by atoms with van der Waals surface area (Å²) in [5.74, 6) is -0.531. The summed E-state index contributed by atoms with van der Waals surface area (Å²) >= 11 is 0. The van der Waals surface area contributed by atoms with E-state index < -0.39 is 22.5 Å². The molecule has 6 nitrogen and oxygen atoms in total. The number of carbonyl (C=O) groups is 1. The summed E-state index contributed by atoms with van der Waals surface area (Å²) in [6.45, 7) is -1.97. The fourth-order valence-corrected chi connectivity index (χ4v) is 5.11. The van der Waals surface area contributed by atoms with Crippen molar-refractivity contribution in [3.8, 4) is 5.75 Å². The molecule has 1 aliphatic heterocycles. The van der Waals surface area contributed by atoms with Crippen LogP contribution in [0.25, 0.3) is 6.08 Å². The number of alkyl halides is 2. The zero-order chi connectivity index (χ0) is 22.3. The smallest absolute Gasteiger partial charge is 0.387 e. The van der Waals surface area contributed by atoms with E-state index in [9.17, 15) is 22.0 Å². The molecule has 1 amide bonds. The van der Waals surface area contributed by atoms with Gasteiger partial charge in [0, 0.05) is 31.3 Å². The van der Waals surface area contributed by atoms with Crippen molar-refractivity contribution in [1.82, 2.24) is 9.62 Å². The maximum Gasteiger partial charge on any atom is 0.387 e. The van der Waals surface area contributed by atoms with Crippen LogP contribution >= 0.6 is 0 Å². The van der Waals surface area contributed by atoms with Crippen LogP contribution in [0.1, 0.15) is 30.4 Å². The average Bonchev–Trinajstić information content (AvgIpc) is 2.77. The van der Waals surface area contributed by atoms with Crippen molar-refractivity contribution in [2.24, 2.45) is 0 Å². The first kappa shape index (κ1) is 22.9. The third kappa shape index (κ3) is 6.11. The molecule has 0 saturated carbocycles. The van der Waals surface area contributed by atoms with E-state index in [1.54, 1.807) is 42.5 Å². The lowest BCUT2D eigenvalue weighted by Gasteiger charge is -2.26. The fourth-order valence-electron chi connectivity index (χ4n) is 3.37. The molecule has 9 heteroatoms. The molecule has 1 fully saturated rings. The molecule has 1 heterocycles. The van der Waals surface area contributed by atoms with E-state index >= 15 is 0 Å². The number of nitrogens with one attached hydrogen (secondary N) is 1. The molecule has 1 N–H and O–H groups in total. The first-order valence-electron chi connectivity index (χ1n) is 9.96. The molecule has 0 aliphatic carbocycles. The summed E-state index contributed by atoms with van der Waals surface area (Å²) in [4.78, 5) is 12.4. The molecular formula is C22H24F2N2O4S. The average molecular weight is 451 g/mol. The second-order valence-corrected chi connectivity index (χ2v) is 8.95. The lowest BCUT2D eigenvalue weighted by molar-refractivity contribution is -0.116. The highest BCUT2D eigenvalue weighted by Gasteiger charge is 2.27. The summed E-state index contributed by atoms with van der Waals surface area (Å²) in [6, 6.07) is 12.7. The van der Waals surface area contributed by atoms with Crippen molar-refractivity contribution in [2.75, 3.05) is 13.1 Å². The third-order valence-electron chi connectivity index (χ3n) is 4.91. The summed E-state index contributed by atoms with van der Waals surface area (Å²) in [5, 5.41) is 2.65. The molecule has 2 aromatic carbocycles. The number of piperidine rings is 1. The number of hydrogen-bond donors (Lipinski definition) is 1. The van der Waals surface area contributed by atoms with Gasteiger partial charge < -0.3 is 10.1 Å². The molecule has 0 unspecified atom stereocenters. The Bertz CT molecular complexity index is 1040. The van der Waals surface area contributed by atoms with Gasteiger partial charge >= 0.3 is 6.61 Å². The molecule has 166 valence electrons. The zero-order valence-corrected chi connectivity index (χ0v) is 17.7. The highest BCUT2D eigenvalue weighted by molar-refractivity contribution is 7.89. The summed E-state index contributed by atoms with van der Waals surface area (Å²) in [5.41, 5.74) is 0.808. The molecule has 0 bridgehead atoms. The Morgan fingerprint density at radius 2 is 1.74 bits per heavy atom. The number of ether oxygens (including phenoxy) is 1. The van der Waals surface area contributed by atoms with Crippen LogP contribution in [-0.4, -0.2) is 38.3 Å². The van der Waals surface area contributed by atoms with Crippen molar-refractivity contribution >= 4 is 22.0 Å². The normalized spacial score (nSPS) is 15.3. The van der Waals surface area contributed by atoms with Crippen molar-refractivity contribution in [2.45, 2.75) is 37.3 Å². The molecule has 2 aromatic rings. The van der Waals surface area contributed by atoms with Gasteiger partial charge in [-0.2, -0.15) is 13.1 Å². The number of carbonyl (C=O) groups excluding carboxylic acids is 1. The second kappa shape index (κ2) is 10.5. The van der Waals surface area contributed by atoms with E-state index in [0.717, 1.165) is 19.3 Å². The van der Waals surface area contributed by atoms with E-state index in [4.69, 9.17) is 0 Å².